The third-order valence-corrected chi connectivity index (χ3v) is 4.81. The van der Waals surface area contributed by atoms with Gasteiger partial charge in [-0.3, -0.25) is 9.20 Å². The average molecular weight is 344 g/mol. The van der Waals surface area contributed by atoms with E-state index in [1.807, 2.05) is 42.5 Å². The summed E-state index contributed by atoms with van der Waals surface area (Å²) >= 11 is 1.35. The van der Waals surface area contributed by atoms with Gasteiger partial charge in [-0.1, -0.05) is 37.3 Å². The first-order valence-corrected chi connectivity index (χ1v) is 8.72. The molecule has 0 aliphatic heterocycles. The van der Waals surface area contributed by atoms with Crippen molar-refractivity contribution < 1.29 is 9.53 Å². The molecule has 0 bridgehead atoms. The summed E-state index contributed by atoms with van der Waals surface area (Å²) in [5.41, 5.74) is 1.52. The third kappa shape index (κ3) is 2.87. The van der Waals surface area contributed by atoms with Crippen LogP contribution < -0.4 is 10.1 Å². The predicted molar refractivity (Wildman–Crippen MR) is 95.3 cm³/mol. The van der Waals surface area contributed by atoms with Crippen molar-refractivity contribution >= 4 is 27.9 Å². The number of aromatic nitrogens is 3. The fraction of sp³-hybridized carbons (Fsp3) is 0.353. The first kappa shape index (κ1) is 16.4. The lowest BCUT2D eigenvalue weighted by atomic mass is 10.2. The number of nitrogens with zero attached hydrogens (tertiary/aromatic N) is 3. The molecule has 1 aromatic carbocycles. The third-order valence-electron chi connectivity index (χ3n) is 3.67. The van der Waals surface area contributed by atoms with Gasteiger partial charge in [0.25, 0.3) is 5.91 Å². The Morgan fingerprint density at radius 2 is 2.08 bits per heavy atom. The number of hydrogen-bond acceptors (Lipinski definition) is 5. The topological polar surface area (TPSA) is 68.5 Å². The maximum absolute atomic E-state index is 12.7. The molecule has 0 fully saturated rings. The maximum atomic E-state index is 12.7. The molecule has 0 spiro atoms. The highest BCUT2D eigenvalue weighted by molar-refractivity contribution is 7.19. The van der Waals surface area contributed by atoms with Gasteiger partial charge >= 0.3 is 0 Å². The highest BCUT2D eigenvalue weighted by atomic mass is 32.1. The molecule has 0 saturated heterocycles. The lowest BCUT2D eigenvalue weighted by Crippen LogP contribution is -2.13. The van der Waals surface area contributed by atoms with Crippen molar-refractivity contribution in [2.75, 3.05) is 11.9 Å². The number of para-hydroxylation sites is 2. The Labute approximate surface area is 144 Å². The number of rotatable bonds is 5. The Morgan fingerprint density at radius 1 is 1.33 bits per heavy atom. The number of nitrogens with one attached hydrogen (secondary N) is 1. The minimum Gasteiger partial charge on any atom is -0.492 e. The number of aryl methyl sites for hydroxylation is 1. The number of anilines is 1. The van der Waals surface area contributed by atoms with Gasteiger partial charge in [0.05, 0.1) is 12.3 Å². The van der Waals surface area contributed by atoms with Crippen LogP contribution in [0.2, 0.25) is 0 Å². The lowest BCUT2D eigenvalue weighted by Gasteiger charge is -2.11. The summed E-state index contributed by atoms with van der Waals surface area (Å²) in [5.74, 6) is 1.61. The number of carbonyl (C=O) groups excluding carboxylic acids is 1. The molecule has 0 atom stereocenters. The summed E-state index contributed by atoms with van der Waals surface area (Å²) in [6.45, 7) is 8.50. The van der Waals surface area contributed by atoms with Gasteiger partial charge in [-0.2, -0.15) is 0 Å². The number of benzene rings is 1. The van der Waals surface area contributed by atoms with E-state index in [0.29, 0.717) is 22.9 Å². The summed E-state index contributed by atoms with van der Waals surface area (Å²) < 4.78 is 7.52. The molecule has 24 heavy (non-hydrogen) atoms. The van der Waals surface area contributed by atoms with Crippen molar-refractivity contribution in [1.82, 2.24) is 14.6 Å². The summed E-state index contributed by atoms with van der Waals surface area (Å²) in [6.07, 6.45) is 0. The van der Waals surface area contributed by atoms with Gasteiger partial charge in [-0.05, 0) is 26.0 Å². The SMILES string of the molecule is CCOc1ccccc1NC(=O)c1sc2nnc(C(C)C)n2c1C. The average Bonchev–Trinajstić information content (AvgIpc) is 3.10. The summed E-state index contributed by atoms with van der Waals surface area (Å²) in [7, 11) is 0. The molecule has 3 rings (SSSR count). The van der Waals surface area contributed by atoms with Crippen LogP contribution in [0.15, 0.2) is 24.3 Å². The molecule has 3 aromatic rings. The Bertz CT molecular complexity index is 882. The molecule has 2 aromatic heterocycles. The van der Waals surface area contributed by atoms with Crippen LogP contribution >= 0.6 is 11.3 Å². The molecular weight excluding hydrogens is 324 g/mol. The van der Waals surface area contributed by atoms with Crippen molar-refractivity contribution in [1.29, 1.82) is 0 Å². The molecule has 0 saturated carbocycles. The van der Waals surface area contributed by atoms with E-state index in [4.69, 9.17) is 4.74 Å². The second kappa shape index (κ2) is 6.60. The first-order valence-electron chi connectivity index (χ1n) is 7.90. The van der Waals surface area contributed by atoms with Crippen LogP contribution in [-0.2, 0) is 0 Å². The smallest absolute Gasteiger partial charge is 0.267 e. The van der Waals surface area contributed by atoms with Crippen LogP contribution in [0.3, 0.4) is 0 Å². The molecule has 1 amide bonds. The molecule has 0 aliphatic carbocycles. The maximum Gasteiger partial charge on any atom is 0.267 e. The van der Waals surface area contributed by atoms with Crippen LogP contribution in [-0.4, -0.2) is 27.1 Å². The second-order valence-corrected chi connectivity index (χ2v) is 6.71. The van der Waals surface area contributed by atoms with E-state index in [-0.39, 0.29) is 11.8 Å². The number of ether oxygens (including phenoxy) is 1. The van der Waals surface area contributed by atoms with Crippen LogP contribution in [0.5, 0.6) is 5.75 Å². The van der Waals surface area contributed by atoms with Crippen molar-refractivity contribution in [3.05, 3.63) is 40.7 Å². The zero-order chi connectivity index (χ0) is 17.3. The Kier molecular flexibility index (Phi) is 4.53. The molecular formula is C17H20N4O2S. The Balaban J connectivity index is 1.94. The number of amides is 1. The van der Waals surface area contributed by atoms with Crippen molar-refractivity contribution in [2.24, 2.45) is 0 Å². The molecule has 0 aliphatic rings. The minimum atomic E-state index is -0.162. The van der Waals surface area contributed by atoms with Gasteiger partial charge in [0, 0.05) is 11.6 Å². The van der Waals surface area contributed by atoms with Gasteiger partial charge in [0.1, 0.15) is 16.5 Å². The molecule has 1 N–H and O–H groups in total. The van der Waals surface area contributed by atoms with E-state index < -0.39 is 0 Å². The normalized spacial score (nSPS) is 11.2. The number of hydrogen-bond donors (Lipinski definition) is 1. The van der Waals surface area contributed by atoms with E-state index in [2.05, 4.69) is 29.4 Å². The van der Waals surface area contributed by atoms with Crippen LogP contribution in [0, 0.1) is 6.92 Å². The van der Waals surface area contributed by atoms with E-state index in [0.717, 1.165) is 16.5 Å². The Morgan fingerprint density at radius 3 is 2.79 bits per heavy atom. The molecule has 126 valence electrons. The summed E-state index contributed by atoms with van der Waals surface area (Å²) in [5, 5.41) is 11.3. The fourth-order valence-corrected chi connectivity index (χ4v) is 3.51. The first-order chi connectivity index (χ1) is 11.5. The van der Waals surface area contributed by atoms with Crippen molar-refractivity contribution in [3.8, 4) is 5.75 Å². The monoisotopic (exact) mass is 344 g/mol. The van der Waals surface area contributed by atoms with E-state index in [1.165, 1.54) is 11.3 Å². The number of fused-ring (bicyclic) bond motifs is 1. The highest BCUT2D eigenvalue weighted by Crippen LogP contribution is 2.28. The van der Waals surface area contributed by atoms with Gasteiger partial charge in [-0.15, -0.1) is 10.2 Å². The quantitative estimate of drug-likeness (QED) is 0.763. The second-order valence-electron chi connectivity index (χ2n) is 5.73. The van der Waals surface area contributed by atoms with Crippen molar-refractivity contribution in [2.45, 2.75) is 33.6 Å². The van der Waals surface area contributed by atoms with Gasteiger partial charge in [0.15, 0.2) is 0 Å². The predicted octanol–water partition coefficient (Wildman–Crippen LogP) is 3.87. The van der Waals surface area contributed by atoms with Crippen molar-refractivity contribution in [3.63, 3.8) is 0 Å². The molecule has 0 radical (unpaired) electrons. The summed E-state index contributed by atoms with van der Waals surface area (Å²) in [6, 6.07) is 7.42. The summed E-state index contributed by atoms with van der Waals surface area (Å²) in [4.78, 5) is 14.1. The zero-order valence-corrected chi connectivity index (χ0v) is 15.0. The standard InChI is InChI=1S/C17H20N4O2S/c1-5-23-13-9-7-6-8-12(13)18-16(22)14-11(4)21-15(10(2)3)19-20-17(21)24-14/h6-10H,5H2,1-4H3,(H,18,22). The van der Waals surface area contributed by atoms with Gasteiger partial charge < -0.3 is 10.1 Å². The lowest BCUT2D eigenvalue weighted by molar-refractivity contribution is 0.102. The van der Waals surface area contributed by atoms with Crippen LogP contribution in [0.4, 0.5) is 5.69 Å². The van der Waals surface area contributed by atoms with Crippen LogP contribution in [0.25, 0.3) is 4.96 Å². The van der Waals surface area contributed by atoms with Gasteiger partial charge in [-0.25, -0.2) is 0 Å². The van der Waals surface area contributed by atoms with E-state index >= 15 is 0 Å². The number of thiazole rings is 1. The zero-order valence-electron chi connectivity index (χ0n) is 14.2. The number of carbonyl (C=O) groups is 1. The van der Waals surface area contributed by atoms with E-state index in [9.17, 15) is 4.79 Å². The largest absolute Gasteiger partial charge is 0.492 e. The molecule has 2 heterocycles. The molecule has 6 nitrogen and oxygen atoms in total. The van der Waals surface area contributed by atoms with E-state index in [1.54, 1.807) is 0 Å². The minimum absolute atomic E-state index is 0.162. The van der Waals surface area contributed by atoms with Gasteiger partial charge in [0.2, 0.25) is 4.96 Å². The highest BCUT2D eigenvalue weighted by Gasteiger charge is 2.21. The Hall–Kier alpha value is -2.41. The molecule has 0 unspecified atom stereocenters. The molecule has 7 heteroatoms. The van der Waals surface area contributed by atoms with Crippen LogP contribution in [0.1, 0.15) is 47.9 Å². The fourth-order valence-electron chi connectivity index (χ4n) is 2.54.